The molecule has 462 valence electrons. The Balaban J connectivity index is 2.19. The third kappa shape index (κ3) is 18.6. The molecule has 6 atom stereocenters. The molecular weight excluding hydrogens is 1780 g/mol. The number of halogens is 6. The first-order chi connectivity index (χ1) is 38.7. The summed E-state index contributed by atoms with van der Waals surface area (Å²) in [4.78, 5) is 103. The summed E-state index contributed by atoms with van der Waals surface area (Å²) < 4.78 is 8.54. The Kier molecular flexibility index (Phi) is 29.4. The lowest BCUT2D eigenvalue weighted by atomic mass is 9.81. The van der Waals surface area contributed by atoms with E-state index in [1.54, 1.807) is 4.68 Å². The molecule has 0 radical (unpaired) electrons. The van der Waals surface area contributed by atoms with Gasteiger partial charge in [0.05, 0.1) is 128 Å². The highest BCUT2D eigenvalue weighted by atomic mass is 127. The van der Waals surface area contributed by atoms with E-state index >= 15 is 0 Å². The molecule has 0 saturated carbocycles. The molecule has 0 spiro atoms. The lowest BCUT2D eigenvalue weighted by molar-refractivity contribution is -0.145. The number of aromatic nitrogens is 3. The van der Waals surface area contributed by atoms with Crippen molar-refractivity contribution >= 4 is 199 Å². The molecule has 1 aliphatic rings. The third-order valence-electron chi connectivity index (χ3n) is 13.6. The van der Waals surface area contributed by atoms with Crippen LogP contribution in [0.2, 0.25) is 0 Å². The van der Waals surface area contributed by atoms with Gasteiger partial charge < -0.3 is 66.0 Å². The summed E-state index contributed by atoms with van der Waals surface area (Å²) in [5.74, 6) is -3.09. The number of carbonyl (C=O) groups excluding carboxylic acids is 7. The van der Waals surface area contributed by atoms with Crippen molar-refractivity contribution in [2.24, 2.45) is 0 Å². The number of carbonyl (C=O) groups is 7. The zero-order valence-corrected chi connectivity index (χ0v) is 60.8. The maximum atomic E-state index is 14.8. The van der Waals surface area contributed by atoms with Gasteiger partial charge in [-0.05, 0) is 189 Å². The van der Waals surface area contributed by atoms with Gasteiger partial charge in [0.15, 0.2) is 11.6 Å². The van der Waals surface area contributed by atoms with E-state index in [4.69, 9.17) is 15.0 Å². The molecule has 1 aromatic heterocycles. The van der Waals surface area contributed by atoms with Crippen molar-refractivity contribution in [3.05, 3.63) is 55.1 Å². The van der Waals surface area contributed by atoms with Crippen LogP contribution in [0.4, 0.5) is 11.4 Å². The van der Waals surface area contributed by atoms with Crippen LogP contribution in [0.15, 0.2) is 0 Å². The van der Waals surface area contributed by atoms with E-state index in [1.165, 1.54) is 23.6 Å². The molecule has 2 aromatic carbocycles. The molecule has 6 unspecified atom stereocenters. The first-order valence-corrected chi connectivity index (χ1v) is 34.5. The molecule has 4 amide bonds. The van der Waals surface area contributed by atoms with Crippen LogP contribution in [-0.4, -0.2) is 197 Å². The molecule has 10 N–H and O–H groups in total. The average Bonchev–Trinajstić information content (AvgIpc) is 3.25. The van der Waals surface area contributed by atoms with Crippen molar-refractivity contribution in [3.63, 3.8) is 0 Å². The number of aliphatic hydroxyl groups is 8. The van der Waals surface area contributed by atoms with E-state index in [9.17, 15) is 74.4 Å². The van der Waals surface area contributed by atoms with Gasteiger partial charge in [-0.25, -0.2) is 9.48 Å². The number of esters is 1. The van der Waals surface area contributed by atoms with Crippen LogP contribution >= 0.6 is 136 Å². The summed E-state index contributed by atoms with van der Waals surface area (Å²) in [5.41, 5.74) is -0.332. The molecule has 2 heterocycles. The van der Waals surface area contributed by atoms with Crippen molar-refractivity contribution in [1.82, 2.24) is 25.6 Å². The predicted molar refractivity (Wildman–Crippen MR) is 362 cm³/mol. The van der Waals surface area contributed by atoms with E-state index in [2.05, 4.69) is 10.6 Å². The number of rotatable bonds is 29. The van der Waals surface area contributed by atoms with E-state index in [-0.39, 0.29) is 125 Å². The topological polar surface area (TPSA) is 352 Å². The Morgan fingerprint density at radius 1 is 0.627 bits per heavy atom. The molecule has 3 aromatic rings. The number of ketones is 2. The highest BCUT2D eigenvalue weighted by Gasteiger charge is 2.50. The number of hydrogen-bond acceptors (Lipinski definition) is 18. The Morgan fingerprint density at radius 3 is 1.39 bits per heavy atom. The number of nitrogens with one attached hydrogen (secondary N) is 2. The van der Waals surface area contributed by atoms with Gasteiger partial charge in [0.2, 0.25) is 17.6 Å². The fourth-order valence-corrected chi connectivity index (χ4v) is 22.0. The maximum absolute atomic E-state index is 14.8. The summed E-state index contributed by atoms with van der Waals surface area (Å²) in [5, 5.41) is 94.6. The van der Waals surface area contributed by atoms with Crippen molar-refractivity contribution < 1.29 is 79.2 Å². The summed E-state index contributed by atoms with van der Waals surface area (Å²) in [6, 6.07) is -1.15. The molecule has 83 heavy (non-hydrogen) atoms. The first-order valence-electron chi connectivity index (χ1n) is 26.3. The molecular formula is C53H72I6N7O16S+. The molecule has 1 aliphatic heterocycles. The average molecular weight is 1860 g/mol. The monoisotopic (exact) mass is 1860 g/mol. The zero-order chi connectivity index (χ0) is 62.7. The van der Waals surface area contributed by atoms with Crippen LogP contribution < -0.4 is 20.4 Å². The largest absolute Gasteiger partial charge is 0.459 e. The summed E-state index contributed by atoms with van der Waals surface area (Å²) >= 11 is 11.4. The fourth-order valence-electron chi connectivity index (χ4n) is 9.26. The fraction of sp³-hybridized carbons (Fsp3) is 0.604. The molecule has 4 rings (SSSR count). The molecule has 0 saturated heterocycles. The van der Waals surface area contributed by atoms with Crippen molar-refractivity contribution in [1.29, 1.82) is 0 Å². The number of benzene rings is 2. The lowest BCUT2D eigenvalue weighted by Gasteiger charge is -2.36. The van der Waals surface area contributed by atoms with Crippen LogP contribution in [0.5, 0.6) is 0 Å². The van der Waals surface area contributed by atoms with Gasteiger partial charge in [-0.2, -0.15) is 0 Å². The van der Waals surface area contributed by atoms with Gasteiger partial charge in [-0.1, -0.05) is 12.1 Å². The molecule has 23 nitrogen and oxygen atoms in total. The quantitative estimate of drug-likeness (QED) is 0.0204. The zero-order valence-electron chi connectivity index (χ0n) is 47.0. The number of Topliss-reactive ketones (excluding diaryl/α,β-unsaturated/α-hetero) is 2. The van der Waals surface area contributed by atoms with E-state index in [0.29, 0.717) is 29.3 Å². The molecule has 0 aliphatic carbocycles. The van der Waals surface area contributed by atoms with Crippen LogP contribution in [0.3, 0.4) is 0 Å². The Hall–Kier alpha value is -1.32. The summed E-state index contributed by atoms with van der Waals surface area (Å²) in [6.07, 6.45) is -5.76. The minimum absolute atomic E-state index is 0.00758. The van der Waals surface area contributed by atoms with Gasteiger partial charge in [0.25, 0.3) is 11.8 Å². The second kappa shape index (κ2) is 33.0. The van der Waals surface area contributed by atoms with E-state index < -0.39 is 114 Å². The second-order valence-electron chi connectivity index (χ2n) is 21.4. The van der Waals surface area contributed by atoms with Crippen molar-refractivity contribution in [3.8, 4) is 0 Å². The van der Waals surface area contributed by atoms with Gasteiger partial charge in [0, 0.05) is 76.1 Å². The highest BCUT2D eigenvalue weighted by molar-refractivity contribution is 14.1. The normalized spacial score (nSPS) is 16.8. The maximum Gasteiger partial charge on any atom is 0.356 e. The number of hydrogen-bond donors (Lipinski definition) is 10. The summed E-state index contributed by atoms with van der Waals surface area (Å²) in [7, 11) is -0.587. The predicted octanol–water partition coefficient (Wildman–Crippen LogP) is 3.88. The van der Waals surface area contributed by atoms with Gasteiger partial charge in [-0.15, -0.1) is 5.10 Å². The number of amides is 4. The number of fused-ring (bicyclic) bond motifs is 1. The Bertz CT molecular complexity index is 2650. The standard InChI is InChI=1S/C53H71I6N7O16S/c1-9-25(2)82-35(79)22-83-23-52(5,6)48-49(53(7,8)24-83)66(63-62-48)28(16-64(26(3)71)46-42(56)36(33(77)12-10-29(73)18-67)40(54)38(44(46)58)50(80)60-14-31(75)20-69)17-65(27(4)72)47-43(57)37(34(78)13-11-30(74)19-68)41(55)39(45(47)59)51(81)61-15-32(76)21-70/h25,28-32,67-70,73-76H,9-24H2,1-8H3,(H-,60,61,80,81)/p+1. The van der Waals surface area contributed by atoms with Crippen molar-refractivity contribution in [2.45, 2.75) is 135 Å². The summed E-state index contributed by atoms with van der Waals surface area (Å²) in [6.45, 7) is 10.1. The molecule has 0 fully saturated rings. The number of anilines is 2. The number of ether oxygens (including phenoxy) is 1. The van der Waals surface area contributed by atoms with Gasteiger partial charge in [0.1, 0.15) is 11.5 Å². The van der Waals surface area contributed by atoms with Gasteiger partial charge in [-0.3, -0.25) is 28.8 Å². The molecule has 0 bridgehead atoms. The minimum atomic E-state index is -1.35. The van der Waals surface area contributed by atoms with E-state index in [1.807, 2.05) is 177 Å². The van der Waals surface area contributed by atoms with Crippen LogP contribution in [0.1, 0.15) is 146 Å². The van der Waals surface area contributed by atoms with Crippen LogP contribution in [-0.2, 0) is 40.8 Å². The van der Waals surface area contributed by atoms with E-state index in [0.717, 1.165) is 0 Å². The highest BCUT2D eigenvalue weighted by Crippen LogP contribution is 2.45. The first kappa shape index (κ1) is 74.1. The third-order valence-corrected chi connectivity index (χ3v) is 22.9. The lowest BCUT2D eigenvalue weighted by Crippen LogP contribution is -2.45. The number of aliphatic hydroxyl groups excluding tert-OH is 8. The SMILES string of the molecule is CCC(C)OC(=O)C[S+]1CC(C)(C)c2nnn(C(CN(C(C)=O)c3c(I)c(C(=O)CCC(O)CO)c(I)c(C(=O)NCC(O)CO)c3I)CN(C(C)=O)c3c(I)c(C(=O)CCC(O)CO)c(I)c(C(=O)NCC(O)CO)c3I)c2C(C)(C)C1. The smallest absolute Gasteiger partial charge is 0.356 e. The molecule has 30 heteroatoms. The Labute approximate surface area is 566 Å². The second-order valence-corrected chi connectivity index (χ2v) is 30.0. The van der Waals surface area contributed by atoms with Gasteiger partial charge >= 0.3 is 5.97 Å². The minimum Gasteiger partial charge on any atom is -0.459 e. The van der Waals surface area contributed by atoms with Crippen LogP contribution in [0.25, 0.3) is 0 Å². The Morgan fingerprint density at radius 2 is 1.01 bits per heavy atom. The van der Waals surface area contributed by atoms with Crippen LogP contribution in [0, 0.1) is 21.4 Å². The van der Waals surface area contributed by atoms with Crippen molar-refractivity contribution in [2.75, 3.05) is 79.7 Å². The number of nitrogens with zero attached hydrogens (tertiary/aromatic N) is 5.